The molecule has 16 heavy (non-hydrogen) atoms. The smallest absolute Gasteiger partial charge is 0.166 e. The van der Waals surface area contributed by atoms with Gasteiger partial charge in [-0.2, -0.15) is 0 Å². The third kappa shape index (κ3) is 1.07. The number of rotatable bonds is 1. The summed E-state index contributed by atoms with van der Waals surface area (Å²) >= 11 is 0. The van der Waals surface area contributed by atoms with Crippen molar-refractivity contribution >= 4 is 28.2 Å². The molecule has 3 aromatic rings. The quantitative estimate of drug-likeness (QED) is 0.578. The van der Waals surface area contributed by atoms with Gasteiger partial charge in [-0.05, 0) is 18.2 Å². The van der Waals surface area contributed by atoms with E-state index in [1.165, 1.54) is 0 Å². The van der Waals surface area contributed by atoms with Gasteiger partial charge in [0, 0.05) is 24.8 Å². The van der Waals surface area contributed by atoms with E-state index < -0.39 is 0 Å². The summed E-state index contributed by atoms with van der Waals surface area (Å²) in [7, 11) is 1.87. The van der Waals surface area contributed by atoms with Crippen LogP contribution in [-0.2, 0) is 7.05 Å². The minimum Gasteiger partial charge on any atom is -0.341 e. The molecule has 0 radical (unpaired) electrons. The minimum absolute atomic E-state index is 0.646. The van der Waals surface area contributed by atoms with E-state index in [1.54, 1.807) is 12.4 Å². The Morgan fingerprint density at radius 1 is 1.25 bits per heavy atom. The molecule has 78 valence electrons. The van der Waals surface area contributed by atoms with Crippen molar-refractivity contribution in [2.75, 3.05) is 0 Å². The number of benzene rings is 1. The van der Waals surface area contributed by atoms with Crippen LogP contribution in [0.1, 0.15) is 10.5 Å². The van der Waals surface area contributed by atoms with Gasteiger partial charge in [0.2, 0.25) is 0 Å². The lowest BCUT2D eigenvalue weighted by Gasteiger charge is -1.99. The molecule has 0 aliphatic heterocycles. The normalized spacial score (nSPS) is 11.1. The summed E-state index contributed by atoms with van der Waals surface area (Å²) in [6.07, 6.45) is 4.18. The van der Waals surface area contributed by atoms with Gasteiger partial charge in [0.1, 0.15) is 0 Å². The van der Waals surface area contributed by atoms with Crippen LogP contribution in [0.15, 0.2) is 30.6 Å². The zero-order chi connectivity index (χ0) is 11.1. The van der Waals surface area contributed by atoms with E-state index in [2.05, 4.69) is 9.97 Å². The van der Waals surface area contributed by atoms with Gasteiger partial charge >= 0.3 is 0 Å². The summed E-state index contributed by atoms with van der Waals surface area (Å²) in [5.74, 6) is 0. The average molecular weight is 211 g/mol. The maximum absolute atomic E-state index is 10.9. The van der Waals surface area contributed by atoms with Gasteiger partial charge in [-0.25, -0.2) is 0 Å². The molecule has 0 aliphatic rings. The molecule has 0 aliphatic carbocycles. The lowest BCUT2D eigenvalue weighted by Crippen LogP contribution is -1.93. The first kappa shape index (κ1) is 9.03. The highest BCUT2D eigenvalue weighted by molar-refractivity contribution is 6.05. The van der Waals surface area contributed by atoms with Crippen molar-refractivity contribution in [3.05, 3.63) is 36.3 Å². The van der Waals surface area contributed by atoms with Gasteiger partial charge in [0.25, 0.3) is 0 Å². The van der Waals surface area contributed by atoms with Gasteiger partial charge in [-0.1, -0.05) is 0 Å². The van der Waals surface area contributed by atoms with Crippen molar-refractivity contribution < 1.29 is 4.79 Å². The monoisotopic (exact) mass is 211 g/mol. The fourth-order valence-corrected chi connectivity index (χ4v) is 1.98. The minimum atomic E-state index is 0.646. The number of aldehydes is 1. The van der Waals surface area contributed by atoms with E-state index in [1.807, 2.05) is 29.8 Å². The summed E-state index contributed by atoms with van der Waals surface area (Å²) in [6, 6.07) is 5.72. The largest absolute Gasteiger partial charge is 0.341 e. The number of hydrogen-bond acceptors (Lipinski definition) is 3. The molecule has 0 saturated carbocycles. The maximum Gasteiger partial charge on any atom is 0.166 e. The molecule has 2 aromatic heterocycles. The summed E-state index contributed by atoms with van der Waals surface area (Å²) < 4.78 is 1.86. The molecule has 0 spiro atoms. The molecular weight excluding hydrogens is 202 g/mol. The van der Waals surface area contributed by atoms with E-state index in [-0.39, 0.29) is 0 Å². The van der Waals surface area contributed by atoms with Crippen molar-refractivity contribution in [3.63, 3.8) is 0 Å². The Bertz CT molecular complexity index is 700. The van der Waals surface area contributed by atoms with Gasteiger partial charge in [0.15, 0.2) is 6.29 Å². The first-order valence-corrected chi connectivity index (χ1v) is 4.95. The van der Waals surface area contributed by atoms with Crippen LogP contribution in [0.25, 0.3) is 21.9 Å². The number of carbonyl (C=O) groups excluding carboxylic acids is 1. The summed E-state index contributed by atoms with van der Waals surface area (Å²) in [5, 5.41) is 0.968. The molecule has 2 heterocycles. The first-order chi connectivity index (χ1) is 7.81. The highest BCUT2D eigenvalue weighted by atomic mass is 16.1. The van der Waals surface area contributed by atoms with Crippen LogP contribution >= 0.6 is 0 Å². The zero-order valence-corrected chi connectivity index (χ0v) is 8.71. The first-order valence-electron chi connectivity index (χ1n) is 4.95. The highest BCUT2D eigenvalue weighted by Gasteiger charge is 2.08. The van der Waals surface area contributed by atoms with E-state index in [9.17, 15) is 4.79 Å². The highest BCUT2D eigenvalue weighted by Crippen LogP contribution is 2.24. The van der Waals surface area contributed by atoms with E-state index in [0.29, 0.717) is 5.69 Å². The third-order valence-electron chi connectivity index (χ3n) is 2.82. The zero-order valence-electron chi connectivity index (χ0n) is 8.71. The molecule has 0 unspecified atom stereocenters. The van der Waals surface area contributed by atoms with Crippen LogP contribution in [0.2, 0.25) is 0 Å². The Balaban J connectivity index is 2.56. The molecule has 1 aromatic carbocycles. The van der Waals surface area contributed by atoms with Gasteiger partial charge in [-0.3, -0.25) is 14.8 Å². The summed E-state index contributed by atoms with van der Waals surface area (Å²) in [5.41, 5.74) is 3.32. The fourth-order valence-electron chi connectivity index (χ4n) is 1.98. The molecular formula is C12H9N3O. The predicted molar refractivity (Wildman–Crippen MR) is 61.4 cm³/mol. The maximum atomic E-state index is 10.9. The number of nitrogens with zero attached hydrogens (tertiary/aromatic N) is 3. The molecule has 4 heteroatoms. The van der Waals surface area contributed by atoms with Crippen LogP contribution in [0, 0.1) is 0 Å². The molecule has 0 amide bonds. The van der Waals surface area contributed by atoms with E-state index in [0.717, 1.165) is 28.2 Å². The molecule has 0 atom stereocenters. The van der Waals surface area contributed by atoms with Crippen LogP contribution in [-0.4, -0.2) is 20.8 Å². The van der Waals surface area contributed by atoms with Gasteiger partial charge in [-0.15, -0.1) is 0 Å². The predicted octanol–water partition coefficient (Wildman–Crippen LogP) is 1.93. The van der Waals surface area contributed by atoms with Crippen molar-refractivity contribution in [2.24, 2.45) is 7.05 Å². The molecule has 0 N–H and O–H groups in total. The Labute approximate surface area is 91.5 Å². The summed E-state index contributed by atoms with van der Waals surface area (Å²) in [6.45, 7) is 0. The second-order valence-corrected chi connectivity index (χ2v) is 3.67. The standard InChI is InChI=1S/C12H9N3O/c1-15-8(7-16)6-9-11(15)3-2-10-12(9)14-5-4-13-10/h2-7H,1H3. The SMILES string of the molecule is Cn1c(C=O)cc2c3nccnc3ccc21. The van der Waals surface area contributed by atoms with Crippen molar-refractivity contribution in [3.8, 4) is 0 Å². The summed E-state index contributed by atoms with van der Waals surface area (Å²) in [4.78, 5) is 19.4. The van der Waals surface area contributed by atoms with E-state index in [4.69, 9.17) is 0 Å². The Morgan fingerprint density at radius 3 is 2.88 bits per heavy atom. The molecule has 0 bridgehead atoms. The van der Waals surface area contributed by atoms with Gasteiger partial charge < -0.3 is 4.57 Å². The second-order valence-electron chi connectivity index (χ2n) is 3.67. The van der Waals surface area contributed by atoms with Crippen molar-refractivity contribution in [2.45, 2.75) is 0 Å². The molecule has 0 fully saturated rings. The average Bonchev–Trinajstić information content (AvgIpc) is 2.67. The Kier molecular flexibility index (Phi) is 1.77. The van der Waals surface area contributed by atoms with Crippen molar-refractivity contribution in [1.82, 2.24) is 14.5 Å². The number of fused-ring (bicyclic) bond motifs is 3. The topological polar surface area (TPSA) is 47.8 Å². The van der Waals surface area contributed by atoms with Crippen LogP contribution in [0.4, 0.5) is 0 Å². The van der Waals surface area contributed by atoms with E-state index >= 15 is 0 Å². The Morgan fingerprint density at radius 2 is 2.06 bits per heavy atom. The molecule has 4 nitrogen and oxygen atoms in total. The van der Waals surface area contributed by atoms with Gasteiger partial charge in [0.05, 0.1) is 22.2 Å². The van der Waals surface area contributed by atoms with Crippen LogP contribution in [0.3, 0.4) is 0 Å². The number of hydrogen-bond donors (Lipinski definition) is 0. The lowest BCUT2D eigenvalue weighted by molar-refractivity contribution is 0.111. The molecule has 0 saturated heterocycles. The second kappa shape index (κ2) is 3.13. The number of carbonyl (C=O) groups is 1. The van der Waals surface area contributed by atoms with Crippen LogP contribution < -0.4 is 0 Å². The van der Waals surface area contributed by atoms with Crippen LogP contribution in [0.5, 0.6) is 0 Å². The Hall–Kier alpha value is -2.23. The fraction of sp³-hybridized carbons (Fsp3) is 0.0833. The molecule has 3 rings (SSSR count). The number of aryl methyl sites for hydroxylation is 1. The third-order valence-corrected chi connectivity index (χ3v) is 2.82. The van der Waals surface area contributed by atoms with Crippen molar-refractivity contribution in [1.29, 1.82) is 0 Å². The number of aromatic nitrogens is 3. The lowest BCUT2D eigenvalue weighted by atomic mass is 10.2.